The van der Waals surface area contributed by atoms with E-state index in [4.69, 9.17) is 11.6 Å². The summed E-state index contributed by atoms with van der Waals surface area (Å²) >= 11 is 6.13. The molecule has 14 heavy (non-hydrogen) atoms. The van der Waals surface area contributed by atoms with Crippen molar-refractivity contribution in [1.29, 1.82) is 0 Å². The van der Waals surface area contributed by atoms with Crippen LogP contribution in [0.25, 0.3) is 0 Å². The van der Waals surface area contributed by atoms with Gasteiger partial charge in [-0.1, -0.05) is 11.6 Å². The monoisotopic (exact) mass is 208 g/mol. The van der Waals surface area contributed by atoms with E-state index < -0.39 is 0 Å². The molecule has 0 aromatic heterocycles. The lowest BCUT2D eigenvalue weighted by atomic mass is 10.00. The van der Waals surface area contributed by atoms with Crippen molar-refractivity contribution in [3.8, 4) is 0 Å². The molecule has 0 heterocycles. The van der Waals surface area contributed by atoms with E-state index >= 15 is 0 Å². The van der Waals surface area contributed by atoms with Gasteiger partial charge in [-0.2, -0.15) is 0 Å². The maximum atomic E-state index is 11.8. The quantitative estimate of drug-likeness (QED) is 0.596. The lowest BCUT2D eigenvalue weighted by Crippen LogP contribution is -2.01. The Labute approximate surface area is 89.1 Å². The number of hydrogen-bond donors (Lipinski definition) is 0. The number of carbonyl (C=O) groups is 1. The molecule has 0 aliphatic heterocycles. The van der Waals surface area contributed by atoms with E-state index in [1.165, 1.54) is 0 Å². The van der Waals surface area contributed by atoms with Gasteiger partial charge < -0.3 is 0 Å². The third kappa shape index (κ3) is 1.69. The first-order valence-corrected chi connectivity index (χ1v) is 5.38. The highest BCUT2D eigenvalue weighted by Crippen LogP contribution is 2.28. The van der Waals surface area contributed by atoms with Crippen molar-refractivity contribution in [1.82, 2.24) is 0 Å². The van der Waals surface area contributed by atoms with Gasteiger partial charge in [-0.15, -0.1) is 0 Å². The van der Waals surface area contributed by atoms with Gasteiger partial charge in [0, 0.05) is 17.0 Å². The van der Waals surface area contributed by atoms with E-state index in [2.05, 4.69) is 0 Å². The van der Waals surface area contributed by atoms with E-state index in [1.807, 2.05) is 19.1 Å². The van der Waals surface area contributed by atoms with Crippen LogP contribution in [0.15, 0.2) is 12.1 Å². The molecule has 0 bridgehead atoms. The summed E-state index contributed by atoms with van der Waals surface area (Å²) in [7, 11) is 0. The van der Waals surface area contributed by atoms with Crippen molar-refractivity contribution in [2.24, 2.45) is 0 Å². The van der Waals surface area contributed by atoms with E-state index in [1.54, 1.807) is 0 Å². The minimum absolute atomic E-state index is 0.253. The first kappa shape index (κ1) is 9.72. The van der Waals surface area contributed by atoms with E-state index in [0.29, 0.717) is 6.42 Å². The van der Waals surface area contributed by atoms with E-state index in [-0.39, 0.29) is 5.78 Å². The molecule has 1 aliphatic rings. The molecule has 0 unspecified atom stereocenters. The van der Waals surface area contributed by atoms with Gasteiger partial charge in [-0.05, 0) is 49.4 Å². The minimum atomic E-state index is 0.253. The molecule has 1 aromatic rings. The smallest absolute Gasteiger partial charge is 0.163 e. The molecule has 2 heteroatoms. The Morgan fingerprint density at radius 3 is 2.71 bits per heavy atom. The molecule has 0 saturated heterocycles. The number of benzene rings is 1. The van der Waals surface area contributed by atoms with Crippen molar-refractivity contribution in [2.45, 2.75) is 32.6 Å². The zero-order valence-corrected chi connectivity index (χ0v) is 9.03. The van der Waals surface area contributed by atoms with Crippen molar-refractivity contribution < 1.29 is 4.79 Å². The third-order valence-corrected chi connectivity index (χ3v) is 3.06. The average Bonchev–Trinajstić information content (AvgIpc) is 2.29. The summed E-state index contributed by atoms with van der Waals surface area (Å²) in [6.45, 7) is 1.98. The number of Topliss-reactive ketones (excluding diaryl/α,β-unsaturated/α-hetero) is 1. The molecular formula is C12H13ClO. The minimum Gasteiger partial charge on any atom is -0.294 e. The predicted octanol–water partition coefficient (Wildman–Crippen LogP) is 3.56. The first-order chi connectivity index (χ1) is 6.68. The second kappa shape index (κ2) is 3.74. The number of hydrogen-bond acceptors (Lipinski definition) is 1. The Bertz CT molecular complexity index is 382. The van der Waals surface area contributed by atoms with Crippen molar-refractivity contribution in [3.05, 3.63) is 33.8 Å². The number of halogens is 1. The van der Waals surface area contributed by atoms with E-state index in [0.717, 1.165) is 41.0 Å². The normalized spacial score (nSPS) is 16.3. The molecule has 0 saturated carbocycles. The Hall–Kier alpha value is -0.820. The van der Waals surface area contributed by atoms with E-state index in [9.17, 15) is 4.79 Å². The topological polar surface area (TPSA) is 17.1 Å². The summed E-state index contributed by atoms with van der Waals surface area (Å²) in [5.74, 6) is 0.253. The Kier molecular flexibility index (Phi) is 2.60. The van der Waals surface area contributed by atoms with Crippen LogP contribution in [0.2, 0.25) is 5.02 Å². The number of ketones is 1. The molecule has 1 aliphatic carbocycles. The number of rotatable bonds is 0. The molecule has 0 amide bonds. The molecule has 2 rings (SSSR count). The van der Waals surface area contributed by atoms with Gasteiger partial charge >= 0.3 is 0 Å². The van der Waals surface area contributed by atoms with Crippen LogP contribution in [0.5, 0.6) is 0 Å². The summed E-state index contributed by atoms with van der Waals surface area (Å²) in [5.41, 5.74) is 2.98. The van der Waals surface area contributed by atoms with Gasteiger partial charge in [0.2, 0.25) is 0 Å². The van der Waals surface area contributed by atoms with Gasteiger partial charge in [-0.3, -0.25) is 4.79 Å². The van der Waals surface area contributed by atoms with Crippen LogP contribution in [0.1, 0.15) is 40.7 Å². The van der Waals surface area contributed by atoms with Gasteiger partial charge in [0.15, 0.2) is 5.78 Å². The number of fused-ring (bicyclic) bond motifs is 1. The molecule has 0 N–H and O–H groups in total. The fraction of sp³-hybridized carbons (Fsp3) is 0.417. The second-order valence-electron chi connectivity index (χ2n) is 3.90. The summed E-state index contributed by atoms with van der Waals surface area (Å²) in [6.07, 6.45) is 3.68. The molecule has 1 aromatic carbocycles. The van der Waals surface area contributed by atoms with Crippen LogP contribution < -0.4 is 0 Å². The number of carbonyl (C=O) groups excluding carboxylic acids is 1. The maximum Gasteiger partial charge on any atom is 0.163 e. The van der Waals surface area contributed by atoms with Gasteiger partial charge in [-0.25, -0.2) is 0 Å². The number of aryl methyl sites for hydroxylation is 1. The van der Waals surface area contributed by atoms with Crippen LogP contribution in [-0.4, -0.2) is 5.78 Å². The maximum absolute atomic E-state index is 11.8. The summed E-state index contributed by atoms with van der Waals surface area (Å²) in [4.78, 5) is 11.8. The van der Waals surface area contributed by atoms with Crippen LogP contribution in [0.3, 0.4) is 0 Å². The SMILES string of the molecule is Cc1cc(Cl)c2c(c1)C(=O)CCCC2. The fourth-order valence-corrected chi connectivity index (χ4v) is 2.37. The summed E-state index contributed by atoms with van der Waals surface area (Å²) in [5, 5.41) is 0.759. The molecule has 0 spiro atoms. The molecule has 0 fully saturated rings. The molecular weight excluding hydrogens is 196 g/mol. The van der Waals surface area contributed by atoms with Crippen LogP contribution in [0, 0.1) is 6.92 Å². The summed E-state index contributed by atoms with van der Waals surface area (Å²) in [6, 6.07) is 3.91. The summed E-state index contributed by atoms with van der Waals surface area (Å²) < 4.78 is 0. The average molecular weight is 209 g/mol. The lowest BCUT2D eigenvalue weighted by molar-refractivity contribution is 0.0982. The van der Waals surface area contributed by atoms with Crippen LogP contribution in [0.4, 0.5) is 0 Å². The highest BCUT2D eigenvalue weighted by Gasteiger charge is 2.17. The lowest BCUT2D eigenvalue weighted by Gasteiger charge is -2.08. The molecule has 0 atom stereocenters. The molecule has 1 nitrogen and oxygen atoms in total. The first-order valence-electron chi connectivity index (χ1n) is 5.00. The van der Waals surface area contributed by atoms with Crippen molar-refractivity contribution in [3.63, 3.8) is 0 Å². The van der Waals surface area contributed by atoms with Gasteiger partial charge in [0.25, 0.3) is 0 Å². The van der Waals surface area contributed by atoms with Crippen molar-refractivity contribution >= 4 is 17.4 Å². The second-order valence-corrected chi connectivity index (χ2v) is 4.31. The highest BCUT2D eigenvalue weighted by atomic mass is 35.5. The zero-order valence-electron chi connectivity index (χ0n) is 8.27. The van der Waals surface area contributed by atoms with Crippen molar-refractivity contribution in [2.75, 3.05) is 0 Å². The Morgan fingerprint density at radius 2 is 1.93 bits per heavy atom. The predicted molar refractivity (Wildman–Crippen MR) is 58.1 cm³/mol. The van der Waals surface area contributed by atoms with Gasteiger partial charge in [0.1, 0.15) is 0 Å². The largest absolute Gasteiger partial charge is 0.294 e. The Balaban J connectivity index is 2.58. The fourth-order valence-electron chi connectivity index (χ4n) is 2.00. The standard InChI is InChI=1S/C12H13ClO/c1-8-6-10-9(11(13)7-8)4-2-3-5-12(10)14/h6-7H,2-5H2,1H3. The van der Waals surface area contributed by atoms with Gasteiger partial charge in [0.05, 0.1) is 0 Å². The zero-order chi connectivity index (χ0) is 10.1. The van der Waals surface area contributed by atoms with Crippen LogP contribution >= 0.6 is 11.6 Å². The third-order valence-electron chi connectivity index (χ3n) is 2.72. The molecule has 0 radical (unpaired) electrons. The Morgan fingerprint density at radius 1 is 1.21 bits per heavy atom. The van der Waals surface area contributed by atoms with Crippen LogP contribution in [-0.2, 0) is 6.42 Å². The highest BCUT2D eigenvalue weighted by molar-refractivity contribution is 6.32. The molecule has 74 valence electrons.